The number of para-hydroxylation sites is 1. The van der Waals surface area contributed by atoms with Gasteiger partial charge in [-0.15, -0.1) is 0 Å². The van der Waals surface area contributed by atoms with Gasteiger partial charge in [0.05, 0.1) is 16.2 Å². The van der Waals surface area contributed by atoms with E-state index in [1.165, 1.54) is 30.0 Å². The highest BCUT2D eigenvalue weighted by Crippen LogP contribution is 2.33. The van der Waals surface area contributed by atoms with Gasteiger partial charge in [-0.2, -0.15) is 18.2 Å². The summed E-state index contributed by atoms with van der Waals surface area (Å²) < 4.78 is 52.0. The van der Waals surface area contributed by atoms with E-state index in [1.807, 2.05) is 9.80 Å². The van der Waals surface area contributed by atoms with Crippen LogP contribution in [-0.2, 0) is 11.0 Å². The molecule has 0 aliphatic carbocycles. The van der Waals surface area contributed by atoms with Crippen LogP contribution in [-0.4, -0.2) is 42.2 Å². The number of aliphatic imine (C=N–C) groups is 1. The maximum Gasteiger partial charge on any atom is 0.416 e. The zero-order valence-electron chi connectivity index (χ0n) is 15.7. The first-order valence-corrected chi connectivity index (χ1v) is 10.1. The van der Waals surface area contributed by atoms with Crippen molar-refractivity contribution in [1.82, 2.24) is 4.90 Å². The van der Waals surface area contributed by atoms with Gasteiger partial charge in [-0.25, -0.2) is 4.39 Å². The second-order valence-electron chi connectivity index (χ2n) is 6.86. The van der Waals surface area contributed by atoms with Crippen molar-refractivity contribution in [2.24, 2.45) is 4.99 Å². The van der Waals surface area contributed by atoms with Crippen LogP contribution in [0.4, 0.5) is 23.2 Å². The van der Waals surface area contributed by atoms with Gasteiger partial charge in [-0.3, -0.25) is 4.79 Å². The topological polar surface area (TPSA) is 35.9 Å². The maximum absolute atomic E-state index is 14.0. The summed E-state index contributed by atoms with van der Waals surface area (Å²) in [5, 5.41) is 0.561. The van der Waals surface area contributed by atoms with Gasteiger partial charge in [0.15, 0.2) is 5.17 Å². The number of anilines is 1. The Labute approximate surface area is 174 Å². The molecule has 9 heteroatoms. The molecule has 1 amide bonds. The van der Waals surface area contributed by atoms with Crippen molar-refractivity contribution < 1.29 is 22.4 Å². The van der Waals surface area contributed by atoms with Crippen LogP contribution in [0, 0.1) is 5.82 Å². The summed E-state index contributed by atoms with van der Waals surface area (Å²) in [6.07, 6.45) is -2.86. The Kier molecular flexibility index (Phi) is 5.55. The van der Waals surface area contributed by atoms with E-state index < -0.39 is 17.6 Å². The maximum atomic E-state index is 14.0. The molecule has 0 saturated carbocycles. The fourth-order valence-electron chi connectivity index (χ4n) is 3.30. The van der Waals surface area contributed by atoms with Crippen LogP contribution in [0.25, 0.3) is 6.08 Å². The number of carbonyl (C=O) groups is 1. The van der Waals surface area contributed by atoms with Crippen molar-refractivity contribution >= 4 is 34.6 Å². The van der Waals surface area contributed by atoms with Crippen LogP contribution >= 0.6 is 11.8 Å². The highest BCUT2D eigenvalue weighted by Gasteiger charge is 2.31. The zero-order valence-corrected chi connectivity index (χ0v) is 16.5. The van der Waals surface area contributed by atoms with E-state index in [-0.39, 0.29) is 5.82 Å². The predicted octanol–water partition coefficient (Wildman–Crippen LogP) is 4.64. The second kappa shape index (κ2) is 8.14. The molecule has 2 aromatic carbocycles. The number of carbonyl (C=O) groups excluding carboxylic acids is 1. The molecule has 156 valence electrons. The van der Waals surface area contributed by atoms with Crippen molar-refractivity contribution in [3.05, 3.63) is 70.4 Å². The van der Waals surface area contributed by atoms with Gasteiger partial charge < -0.3 is 9.80 Å². The predicted molar refractivity (Wildman–Crippen MR) is 110 cm³/mol. The zero-order chi connectivity index (χ0) is 21.3. The SMILES string of the molecule is O=C1N=C(N2CCN(c3ccccc3F)CC2)S/C1=C/c1ccc(C(F)(F)F)cc1. The Hall–Kier alpha value is -2.81. The van der Waals surface area contributed by atoms with Gasteiger partial charge in [0, 0.05) is 26.2 Å². The first-order valence-electron chi connectivity index (χ1n) is 9.25. The molecule has 2 aliphatic heterocycles. The molecule has 4 rings (SSSR count). The molecule has 0 atom stereocenters. The number of thioether (sulfide) groups is 1. The van der Waals surface area contributed by atoms with Crippen molar-refractivity contribution in [2.75, 3.05) is 31.1 Å². The molecule has 1 fully saturated rings. The molecular weight excluding hydrogens is 418 g/mol. The number of amidine groups is 1. The largest absolute Gasteiger partial charge is 0.416 e. The number of benzene rings is 2. The fourth-order valence-corrected chi connectivity index (χ4v) is 4.26. The minimum atomic E-state index is -4.40. The van der Waals surface area contributed by atoms with Gasteiger partial charge >= 0.3 is 6.18 Å². The Balaban J connectivity index is 1.40. The Morgan fingerprint density at radius 1 is 0.933 bits per heavy atom. The molecule has 4 nitrogen and oxygen atoms in total. The number of amides is 1. The van der Waals surface area contributed by atoms with Crippen LogP contribution < -0.4 is 4.90 Å². The molecule has 2 heterocycles. The van der Waals surface area contributed by atoms with Gasteiger partial charge in [0.1, 0.15) is 5.82 Å². The summed E-state index contributed by atoms with van der Waals surface area (Å²) in [6.45, 7) is 2.35. The van der Waals surface area contributed by atoms with E-state index in [0.29, 0.717) is 47.5 Å². The quantitative estimate of drug-likeness (QED) is 0.509. The number of nitrogens with zero attached hydrogens (tertiary/aromatic N) is 3. The number of alkyl halides is 3. The van der Waals surface area contributed by atoms with Crippen LogP contribution in [0.3, 0.4) is 0 Å². The van der Waals surface area contributed by atoms with Crippen LogP contribution in [0.5, 0.6) is 0 Å². The van der Waals surface area contributed by atoms with E-state index in [1.54, 1.807) is 24.3 Å². The monoisotopic (exact) mass is 435 g/mol. The molecular formula is C21H17F4N3OS. The average molecular weight is 435 g/mol. The summed E-state index contributed by atoms with van der Waals surface area (Å²) >= 11 is 1.20. The average Bonchev–Trinajstić information content (AvgIpc) is 3.09. The first kappa shape index (κ1) is 20.5. The summed E-state index contributed by atoms with van der Waals surface area (Å²) in [5.41, 5.74) is 0.316. The molecule has 0 spiro atoms. The smallest absolute Gasteiger partial charge is 0.366 e. The van der Waals surface area contributed by atoms with Gasteiger partial charge in [0.2, 0.25) is 0 Å². The van der Waals surface area contributed by atoms with Crippen molar-refractivity contribution in [1.29, 1.82) is 0 Å². The Morgan fingerprint density at radius 3 is 2.20 bits per heavy atom. The first-order chi connectivity index (χ1) is 14.3. The van der Waals surface area contributed by atoms with Crippen molar-refractivity contribution in [3.63, 3.8) is 0 Å². The van der Waals surface area contributed by atoms with E-state index in [4.69, 9.17) is 0 Å². The lowest BCUT2D eigenvalue weighted by atomic mass is 10.1. The second-order valence-corrected chi connectivity index (χ2v) is 7.86. The van der Waals surface area contributed by atoms with Gasteiger partial charge in [-0.05, 0) is 47.7 Å². The molecule has 0 bridgehead atoms. The van der Waals surface area contributed by atoms with E-state index in [2.05, 4.69) is 4.99 Å². The lowest BCUT2D eigenvalue weighted by Crippen LogP contribution is -2.48. The lowest BCUT2D eigenvalue weighted by Gasteiger charge is -2.36. The Morgan fingerprint density at radius 2 is 1.57 bits per heavy atom. The molecule has 0 unspecified atom stereocenters. The van der Waals surface area contributed by atoms with Gasteiger partial charge in [0.25, 0.3) is 5.91 Å². The fraction of sp³-hybridized carbons (Fsp3) is 0.238. The molecule has 0 N–H and O–H groups in total. The third-order valence-electron chi connectivity index (χ3n) is 4.89. The lowest BCUT2D eigenvalue weighted by molar-refractivity contribution is -0.137. The molecule has 2 aromatic rings. The van der Waals surface area contributed by atoms with E-state index in [0.717, 1.165) is 12.1 Å². The molecule has 0 aromatic heterocycles. The molecule has 0 radical (unpaired) electrons. The number of hydrogen-bond donors (Lipinski definition) is 0. The highest BCUT2D eigenvalue weighted by molar-refractivity contribution is 8.18. The number of piperazine rings is 1. The van der Waals surface area contributed by atoms with Crippen LogP contribution in [0.1, 0.15) is 11.1 Å². The summed E-state index contributed by atoms with van der Waals surface area (Å²) in [6, 6.07) is 11.2. The minimum Gasteiger partial charge on any atom is -0.366 e. The number of hydrogen-bond acceptors (Lipinski definition) is 4. The molecule has 30 heavy (non-hydrogen) atoms. The summed E-state index contributed by atoms with van der Waals surface area (Å²) in [4.78, 5) is 20.6. The third kappa shape index (κ3) is 4.35. The Bertz CT molecular complexity index is 1010. The molecule has 1 saturated heterocycles. The number of rotatable bonds is 2. The van der Waals surface area contributed by atoms with Crippen molar-refractivity contribution in [3.8, 4) is 0 Å². The summed E-state index contributed by atoms with van der Waals surface area (Å²) in [5.74, 6) is -0.679. The van der Waals surface area contributed by atoms with Crippen LogP contribution in [0.15, 0.2) is 58.4 Å². The minimum absolute atomic E-state index is 0.268. The summed E-state index contributed by atoms with van der Waals surface area (Å²) in [7, 11) is 0. The standard InChI is InChI=1S/C21H17F4N3OS/c22-16-3-1-2-4-17(16)27-9-11-28(12-10-27)20-26-19(29)18(30-20)13-14-5-7-15(8-6-14)21(23,24)25/h1-8,13H,9-12H2/b18-13+. The normalized spacial score (nSPS) is 18.9. The third-order valence-corrected chi connectivity index (χ3v) is 5.93. The van der Waals surface area contributed by atoms with E-state index >= 15 is 0 Å². The van der Waals surface area contributed by atoms with Gasteiger partial charge in [-0.1, -0.05) is 24.3 Å². The van der Waals surface area contributed by atoms with Crippen molar-refractivity contribution in [2.45, 2.75) is 6.18 Å². The number of halogens is 4. The molecule has 2 aliphatic rings. The van der Waals surface area contributed by atoms with Crippen LogP contribution in [0.2, 0.25) is 0 Å². The van der Waals surface area contributed by atoms with E-state index in [9.17, 15) is 22.4 Å². The highest BCUT2D eigenvalue weighted by atomic mass is 32.2.